The number of nitrogens with one attached hydrogen (secondary N) is 1. The van der Waals surface area contributed by atoms with Crippen molar-refractivity contribution in [3.63, 3.8) is 0 Å². The molecule has 0 radical (unpaired) electrons. The highest BCUT2D eigenvalue weighted by molar-refractivity contribution is 5.22. The van der Waals surface area contributed by atoms with Gasteiger partial charge in [-0.05, 0) is 55.8 Å². The zero-order chi connectivity index (χ0) is 14.2. The predicted molar refractivity (Wildman–Crippen MR) is 79.8 cm³/mol. The average molecular weight is 290 g/mol. The van der Waals surface area contributed by atoms with Gasteiger partial charge in [0.25, 0.3) is 0 Å². The Bertz CT molecular complexity index is 491. The molecule has 3 atom stereocenters. The van der Waals surface area contributed by atoms with Crippen molar-refractivity contribution in [1.82, 2.24) is 10.2 Å². The molecule has 1 aliphatic carbocycles. The Labute approximate surface area is 125 Å². The van der Waals surface area contributed by atoms with Crippen molar-refractivity contribution in [3.05, 3.63) is 30.1 Å². The molecule has 21 heavy (non-hydrogen) atoms. The Morgan fingerprint density at radius 2 is 1.95 bits per heavy atom. The van der Waals surface area contributed by atoms with Gasteiger partial charge in [0.15, 0.2) is 0 Å². The van der Waals surface area contributed by atoms with E-state index >= 15 is 0 Å². The summed E-state index contributed by atoms with van der Waals surface area (Å²) in [5.74, 6) is 3.28. The Morgan fingerprint density at radius 3 is 2.67 bits per heavy atom. The Kier molecular flexibility index (Phi) is 3.59. The highest BCUT2D eigenvalue weighted by Gasteiger charge is 2.52. The van der Waals surface area contributed by atoms with Crippen LogP contribution in [0.15, 0.2) is 24.3 Å². The third-order valence-corrected chi connectivity index (χ3v) is 5.37. The molecule has 1 unspecified atom stereocenters. The monoisotopic (exact) mass is 290 g/mol. The largest absolute Gasteiger partial charge is 0.490 e. The second-order valence-corrected chi connectivity index (χ2v) is 6.73. The quantitative estimate of drug-likeness (QED) is 0.919. The molecule has 1 aromatic carbocycles. The highest BCUT2D eigenvalue weighted by atomic mass is 19.1. The fourth-order valence-corrected chi connectivity index (χ4v) is 4.06. The summed E-state index contributed by atoms with van der Waals surface area (Å²) in [4.78, 5) is 2.59. The van der Waals surface area contributed by atoms with Gasteiger partial charge in [0.05, 0.1) is 0 Å². The molecule has 3 nitrogen and oxygen atoms in total. The first-order valence-corrected chi connectivity index (χ1v) is 8.15. The van der Waals surface area contributed by atoms with Gasteiger partial charge in [-0.15, -0.1) is 0 Å². The number of hydrogen-bond acceptors (Lipinski definition) is 3. The molecule has 0 aromatic heterocycles. The highest BCUT2D eigenvalue weighted by Crippen LogP contribution is 2.49. The van der Waals surface area contributed by atoms with E-state index in [4.69, 9.17) is 4.74 Å². The van der Waals surface area contributed by atoms with Crippen molar-refractivity contribution in [2.45, 2.75) is 18.9 Å². The summed E-state index contributed by atoms with van der Waals surface area (Å²) in [5, 5.41) is 3.46. The number of ether oxygens (including phenoxy) is 1. The molecule has 4 rings (SSSR count). The summed E-state index contributed by atoms with van der Waals surface area (Å²) >= 11 is 0. The van der Waals surface area contributed by atoms with Gasteiger partial charge in [0.2, 0.25) is 0 Å². The molecule has 1 saturated carbocycles. The van der Waals surface area contributed by atoms with E-state index in [0.29, 0.717) is 5.75 Å². The molecule has 0 spiro atoms. The van der Waals surface area contributed by atoms with Crippen LogP contribution in [0.2, 0.25) is 0 Å². The summed E-state index contributed by atoms with van der Waals surface area (Å²) < 4.78 is 19.1. The third kappa shape index (κ3) is 2.92. The molecule has 2 saturated heterocycles. The van der Waals surface area contributed by atoms with Crippen LogP contribution < -0.4 is 10.1 Å². The van der Waals surface area contributed by atoms with E-state index in [2.05, 4.69) is 10.2 Å². The van der Waals surface area contributed by atoms with E-state index in [9.17, 15) is 4.39 Å². The van der Waals surface area contributed by atoms with Crippen LogP contribution in [0.5, 0.6) is 5.75 Å². The maximum absolute atomic E-state index is 13.2. The lowest BCUT2D eigenvalue weighted by atomic mass is 10.1. The molecular weight excluding hydrogens is 267 g/mol. The first-order valence-electron chi connectivity index (χ1n) is 8.15. The third-order valence-electron chi connectivity index (χ3n) is 5.37. The van der Waals surface area contributed by atoms with Gasteiger partial charge in [-0.1, -0.05) is 6.07 Å². The topological polar surface area (TPSA) is 24.5 Å². The number of hydrogen-bond donors (Lipinski definition) is 1. The Hall–Kier alpha value is -1.13. The number of benzene rings is 1. The van der Waals surface area contributed by atoms with Crippen LogP contribution in [-0.4, -0.2) is 43.7 Å². The van der Waals surface area contributed by atoms with E-state index in [0.717, 1.165) is 43.7 Å². The molecule has 3 fully saturated rings. The molecule has 2 aliphatic heterocycles. The van der Waals surface area contributed by atoms with Crippen LogP contribution in [0.4, 0.5) is 4.39 Å². The minimum Gasteiger partial charge on any atom is -0.490 e. The molecule has 2 heterocycles. The van der Waals surface area contributed by atoms with Crippen molar-refractivity contribution in [2.24, 2.45) is 17.8 Å². The molecule has 0 amide bonds. The molecule has 1 aromatic rings. The lowest BCUT2D eigenvalue weighted by molar-refractivity contribution is 0.0957. The van der Waals surface area contributed by atoms with E-state index in [-0.39, 0.29) is 11.9 Å². The molecule has 0 bridgehead atoms. The number of fused-ring (bicyclic) bond motifs is 1. The van der Waals surface area contributed by atoms with Gasteiger partial charge in [0, 0.05) is 25.7 Å². The minimum atomic E-state index is -0.223. The van der Waals surface area contributed by atoms with Crippen LogP contribution in [0.1, 0.15) is 12.8 Å². The Balaban J connectivity index is 1.23. The maximum Gasteiger partial charge on any atom is 0.126 e. The van der Waals surface area contributed by atoms with Crippen molar-refractivity contribution in [3.8, 4) is 5.75 Å². The van der Waals surface area contributed by atoms with Crippen molar-refractivity contribution >= 4 is 0 Å². The van der Waals surface area contributed by atoms with Crippen molar-refractivity contribution in [2.75, 3.05) is 32.7 Å². The second kappa shape index (κ2) is 5.58. The zero-order valence-electron chi connectivity index (χ0n) is 12.3. The van der Waals surface area contributed by atoms with Crippen LogP contribution in [-0.2, 0) is 0 Å². The van der Waals surface area contributed by atoms with Crippen LogP contribution >= 0.6 is 0 Å². The average Bonchev–Trinajstić information content (AvgIpc) is 2.92. The summed E-state index contributed by atoms with van der Waals surface area (Å²) in [6.07, 6.45) is 2.34. The van der Waals surface area contributed by atoms with Crippen molar-refractivity contribution < 1.29 is 9.13 Å². The first-order chi connectivity index (χ1) is 10.3. The molecule has 4 heteroatoms. The fraction of sp³-hybridized carbons (Fsp3) is 0.647. The molecule has 114 valence electrons. The van der Waals surface area contributed by atoms with E-state index < -0.39 is 0 Å². The molecule has 3 aliphatic rings. The minimum absolute atomic E-state index is 0.223. The Morgan fingerprint density at radius 1 is 1.19 bits per heavy atom. The van der Waals surface area contributed by atoms with Gasteiger partial charge in [-0.25, -0.2) is 4.39 Å². The standard InChI is InChI=1S/C17H23FN2O/c18-12-2-1-3-14(8-12)21-13-4-6-20(7-5-13)11-17-15-9-19-10-16(15)17/h1-3,8,13,15-17,19H,4-7,9-11H2/t15-,16+,17?. The van der Waals surface area contributed by atoms with Crippen LogP contribution in [0.25, 0.3) is 0 Å². The lowest BCUT2D eigenvalue weighted by Crippen LogP contribution is -2.40. The number of likely N-dealkylation sites (tertiary alicyclic amines) is 1. The van der Waals surface area contributed by atoms with E-state index in [1.165, 1.54) is 31.8 Å². The lowest BCUT2D eigenvalue weighted by Gasteiger charge is -2.32. The number of piperidine rings is 2. The second-order valence-electron chi connectivity index (χ2n) is 6.73. The van der Waals surface area contributed by atoms with Gasteiger partial charge in [0.1, 0.15) is 17.7 Å². The van der Waals surface area contributed by atoms with Gasteiger partial charge in [-0.2, -0.15) is 0 Å². The first kappa shape index (κ1) is 13.5. The smallest absolute Gasteiger partial charge is 0.126 e. The van der Waals surface area contributed by atoms with Crippen molar-refractivity contribution in [1.29, 1.82) is 0 Å². The summed E-state index contributed by atoms with van der Waals surface area (Å²) in [6, 6.07) is 6.48. The van der Waals surface area contributed by atoms with Gasteiger partial charge in [-0.3, -0.25) is 0 Å². The van der Waals surface area contributed by atoms with E-state index in [1.54, 1.807) is 6.07 Å². The normalized spacial score (nSPS) is 32.9. The molecule has 1 N–H and O–H groups in total. The fourth-order valence-electron chi connectivity index (χ4n) is 4.06. The summed E-state index contributed by atoms with van der Waals surface area (Å²) in [5.41, 5.74) is 0. The summed E-state index contributed by atoms with van der Waals surface area (Å²) in [7, 11) is 0. The van der Waals surface area contributed by atoms with Crippen LogP contribution in [0.3, 0.4) is 0 Å². The van der Waals surface area contributed by atoms with E-state index in [1.807, 2.05) is 6.07 Å². The SMILES string of the molecule is Fc1cccc(OC2CCN(CC3[C@H]4CNC[C@@H]34)CC2)c1. The number of rotatable bonds is 4. The molecular formula is C17H23FN2O. The van der Waals surface area contributed by atoms with Gasteiger partial charge < -0.3 is 15.0 Å². The maximum atomic E-state index is 13.2. The number of nitrogens with zero attached hydrogens (tertiary/aromatic N) is 1. The predicted octanol–water partition coefficient (Wildman–Crippen LogP) is 2.13. The number of halogens is 1. The zero-order valence-corrected chi connectivity index (χ0v) is 12.3. The van der Waals surface area contributed by atoms with Crippen LogP contribution in [0, 0.1) is 23.6 Å². The van der Waals surface area contributed by atoms with Gasteiger partial charge >= 0.3 is 0 Å². The summed E-state index contributed by atoms with van der Waals surface area (Å²) in [6.45, 7) is 5.96.